The van der Waals surface area contributed by atoms with Crippen LogP contribution in [0.1, 0.15) is 25.6 Å². The summed E-state index contributed by atoms with van der Waals surface area (Å²) < 4.78 is 14.9. The van der Waals surface area contributed by atoms with Crippen molar-refractivity contribution in [2.24, 2.45) is 0 Å². The minimum Gasteiger partial charge on any atom is -0.234 e. The van der Waals surface area contributed by atoms with Gasteiger partial charge in [-0.3, -0.25) is 0 Å². The molecule has 6 heteroatoms. The summed E-state index contributed by atoms with van der Waals surface area (Å²) in [7, 11) is 0. The van der Waals surface area contributed by atoms with Crippen molar-refractivity contribution in [3.05, 3.63) is 34.7 Å². The normalized spacial score (nSPS) is 11.1. The Morgan fingerprint density at radius 3 is 2.69 bits per heavy atom. The first kappa shape index (κ1) is 11.2. The molecule has 0 aliphatic heterocycles. The summed E-state index contributed by atoms with van der Waals surface area (Å²) in [6, 6.07) is 2.92. The van der Waals surface area contributed by atoms with Crippen LogP contribution in [0.25, 0.3) is 5.82 Å². The van der Waals surface area contributed by atoms with E-state index in [1.165, 1.54) is 6.07 Å². The second-order valence-electron chi connectivity index (χ2n) is 3.64. The molecule has 2 aromatic heterocycles. The Morgan fingerprint density at radius 1 is 1.38 bits per heavy atom. The van der Waals surface area contributed by atoms with Crippen LogP contribution >= 0.6 is 15.9 Å². The number of hydrogen-bond donors (Lipinski definition) is 0. The molecular formula is C10H10BrFN4. The SMILES string of the molecule is CC(C)c1nc(Br)nn1-c1ccc(F)cn1. The Hall–Kier alpha value is -1.30. The first-order valence-corrected chi connectivity index (χ1v) is 5.61. The molecule has 0 aromatic carbocycles. The van der Waals surface area contributed by atoms with Gasteiger partial charge in [-0.15, -0.1) is 5.10 Å². The van der Waals surface area contributed by atoms with Gasteiger partial charge in [0.25, 0.3) is 0 Å². The van der Waals surface area contributed by atoms with Crippen molar-refractivity contribution in [3.8, 4) is 5.82 Å². The van der Waals surface area contributed by atoms with Gasteiger partial charge in [0.15, 0.2) is 5.82 Å². The molecule has 0 amide bonds. The zero-order valence-corrected chi connectivity index (χ0v) is 10.4. The molecule has 0 radical (unpaired) electrons. The highest BCUT2D eigenvalue weighted by Gasteiger charge is 2.13. The molecular weight excluding hydrogens is 275 g/mol. The molecule has 0 aliphatic rings. The van der Waals surface area contributed by atoms with E-state index in [0.29, 0.717) is 10.6 Å². The fourth-order valence-corrected chi connectivity index (χ4v) is 1.67. The lowest BCUT2D eigenvalue weighted by Crippen LogP contribution is -2.06. The second kappa shape index (κ2) is 4.29. The molecule has 2 heterocycles. The van der Waals surface area contributed by atoms with Crippen LogP contribution < -0.4 is 0 Å². The Balaban J connectivity index is 2.50. The topological polar surface area (TPSA) is 43.6 Å². The van der Waals surface area contributed by atoms with E-state index in [4.69, 9.17) is 0 Å². The van der Waals surface area contributed by atoms with Crippen molar-refractivity contribution < 1.29 is 4.39 Å². The largest absolute Gasteiger partial charge is 0.234 e. The molecule has 0 aliphatic carbocycles. The van der Waals surface area contributed by atoms with Crippen LogP contribution in [0.4, 0.5) is 4.39 Å². The van der Waals surface area contributed by atoms with Crippen molar-refractivity contribution in [2.75, 3.05) is 0 Å². The van der Waals surface area contributed by atoms with Crippen LogP contribution in [-0.4, -0.2) is 19.7 Å². The molecule has 0 saturated heterocycles. The van der Waals surface area contributed by atoms with Gasteiger partial charge in [-0.2, -0.15) is 4.68 Å². The third kappa shape index (κ3) is 2.11. The highest BCUT2D eigenvalue weighted by Crippen LogP contribution is 2.18. The number of pyridine rings is 1. The van der Waals surface area contributed by atoms with Crippen molar-refractivity contribution in [1.29, 1.82) is 0 Å². The van der Waals surface area contributed by atoms with Gasteiger partial charge >= 0.3 is 0 Å². The fourth-order valence-electron chi connectivity index (χ4n) is 1.33. The fraction of sp³-hybridized carbons (Fsp3) is 0.300. The Kier molecular flexibility index (Phi) is 3.00. The van der Waals surface area contributed by atoms with Gasteiger partial charge in [0.05, 0.1) is 6.20 Å². The van der Waals surface area contributed by atoms with Crippen LogP contribution in [0.2, 0.25) is 0 Å². The maximum absolute atomic E-state index is 12.7. The van der Waals surface area contributed by atoms with Crippen LogP contribution in [0, 0.1) is 5.82 Å². The molecule has 0 N–H and O–H groups in total. The molecule has 0 fully saturated rings. The lowest BCUT2D eigenvalue weighted by atomic mass is 10.2. The second-order valence-corrected chi connectivity index (χ2v) is 4.35. The van der Waals surface area contributed by atoms with E-state index in [1.54, 1.807) is 10.7 Å². The van der Waals surface area contributed by atoms with Gasteiger partial charge in [-0.25, -0.2) is 14.4 Å². The quantitative estimate of drug-likeness (QED) is 0.852. The zero-order chi connectivity index (χ0) is 11.7. The molecule has 0 atom stereocenters. The van der Waals surface area contributed by atoms with Crippen molar-refractivity contribution in [3.63, 3.8) is 0 Å². The van der Waals surface area contributed by atoms with Crippen LogP contribution in [-0.2, 0) is 0 Å². The number of nitrogens with zero attached hydrogens (tertiary/aromatic N) is 4. The number of halogens is 2. The summed E-state index contributed by atoms with van der Waals surface area (Å²) in [5.41, 5.74) is 0. The zero-order valence-electron chi connectivity index (χ0n) is 8.85. The maximum Gasteiger partial charge on any atom is 0.218 e. The third-order valence-electron chi connectivity index (χ3n) is 2.05. The molecule has 0 saturated carbocycles. The summed E-state index contributed by atoms with van der Waals surface area (Å²) >= 11 is 3.22. The molecule has 0 spiro atoms. The van der Waals surface area contributed by atoms with Gasteiger partial charge in [0.2, 0.25) is 4.73 Å². The van der Waals surface area contributed by atoms with Gasteiger partial charge in [0, 0.05) is 5.92 Å². The van der Waals surface area contributed by atoms with Crippen LogP contribution in [0.5, 0.6) is 0 Å². The van der Waals surface area contributed by atoms with E-state index in [-0.39, 0.29) is 11.7 Å². The molecule has 0 bridgehead atoms. The van der Waals surface area contributed by atoms with E-state index in [2.05, 4.69) is 31.0 Å². The van der Waals surface area contributed by atoms with Crippen molar-refractivity contribution >= 4 is 15.9 Å². The first-order chi connectivity index (χ1) is 7.58. The van der Waals surface area contributed by atoms with E-state index in [0.717, 1.165) is 12.0 Å². The van der Waals surface area contributed by atoms with Crippen LogP contribution in [0.15, 0.2) is 23.1 Å². The molecule has 2 aromatic rings. The highest BCUT2D eigenvalue weighted by atomic mass is 79.9. The van der Waals surface area contributed by atoms with Crippen LogP contribution in [0.3, 0.4) is 0 Å². The van der Waals surface area contributed by atoms with E-state index in [1.807, 2.05) is 13.8 Å². The summed E-state index contributed by atoms with van der Waals surface area (Å²) in [5.74, 6) is 1.19. The summed E-state index contributed by atoms with van der Waals surface area (Å²) in [5, 5.41) is 4.17. The molecule has 84 valence electrons. The van der Waals surface area contributed by atoms with Gasteiger partial charge in [-0.1, -0.05) is 13.8 Å². The average Bonchev–Trinajstić information content (AvgIpc) is 2.61. The summed E-state index contributed by atoms with van der Waals surface area (Å²) in [4.78, 5) is 8.21. The summed E-state index contributed by atoms with van der Waals surface area (Å²) in [6.45, 7) is 4.02. The summed E-state index contributed by atoms with van der Waals surface area (Å²) in [6.07, 6.45) is 1.16. The minimum atomic E-state index is -0.367. The number of hydrogen-bond acceptors (Lipinski definition) is 3. The molecule has 0 unspecified atom stereocenters. The molecule has 4 nitrogen and oxygen atoms in total. The van der Waals surface area contributed by atoms with Gasteiger partial charge in [0.1, 0.15) is 11.6 Å². The van der Waals surface area contributed by atoms with E-state index in [9.17, 15) is 4.39 Å². The van der Waals surface area contributed by atoms with Gasteiger partial charge < -0.3 is 0 Å². The average molecular weight is 285 g/mol. The predicted molar refractivity (Wildman–Crippen MR) is 60.9 cm³/mol. The molecule has 2 rings (SSSR count). The van der Waals surface area contributed by atoms with Gasteiger partial charge in [-0.05, 0) is 28.1 Å². The van der Waals surface area contributed by atoms with Crippen molar-refractivity contribution in [2.45, 2.75) is 19.8 Å². The minimum absolute atomic E-state index is 0.214. The Labute approximate surface area is 101 Å². The monoisotopic (exact) mass is 284 g/mol. The highest BCUT2D eigenvalue weighted by molar-refractivity contribution is 9.10. The lowest BCUT2D eigenvalue weighted by molar-refractivity contribution is 0.617. The smallest absolute Gasteiger partial charge is 0.218 e. The predicted octanol–water partition coefficient (Wildman–Crippen LogP) is 2.69. The Morgan fingerprint density at radius 2 is 2.12 bits per heavy atom. The number of rotatable bonds is 2. The van der Waals surface area contributed by atoms with Crippen molar-refractivity contribution in [1.82, 2.24) is 19.7 Å². The number of aromatic nitrogens is 4. The molecule has 16 heavy (non-hydrogen) atoms. The first-order valence-electron chi connectivity index (χ1n) is 4.82. The maximum atomic E-state index is 12.7. The van der Waals surface area contributed by atoms with E-state index >= 15 is 0 Å². The lowest BCUT2D eigenvalue weighted by Gasteiger charge is -2.06. The third-order valence-corrected chi connectivity index (χ3v) is 2.39. The van der Waals surface area contributed by atoms with E-state index < -0.39 is 0 Å². The standard InChI is InChI=1S/C10H10BrFN4/c1-6(2)9-14-10(11)15-16(9)8-4-3-7(12)5-13-8/h3-6H,1-2H3. The Bertz CT molecular complexity index is 492.